The first kappa shape index (κ1) is 11.3. The molecular formula is C14H13NO2. The maximum absolute atomic E-state index is 12.0. The molecule has 0 heterocycles. The van der Waals surface area contributed by atoms with E-state index in [2.05, 4.69) is 0 Å². The van der Waals surface area contributed by atoms with Crippen molar-refractivity contribution in [2.24, 2.45) is 5.73 Å². The number of hydrogen-bond acceptors (Lipinski definition) is 2. The molecular weight excluding hydrogens is 214 g/mol. The SMILES string of the molecule is NC(=O)c1ccc(C(=O)C2=CCCC=C2)cc1. The highest BCUT2D eigenvalue weighted by Gasteiger charge is 2.11. The lowest BCUT2D eigenvalue weighted by Gasteiger charge is -2.06. The third-order valence-corrected chi connectivity index (χ3v) is 2.69. The first-order chi connectivity index (χ1) is 8.18. The molecule has 0 aromatic heterocycles. The van der Waals surface area contributed by atoms with E-state index in [0.29, 0.717) is 16.7 Å². The molecule has 1 amide bonds. The van der Waals surface area contributed by atoms with E-state index in [0.717, 1.165) is 12.8 Å². The van der Waals surface area contributed by atoms with Crippen LogP contribution in [-0.2, 0) is 0 Å². The molecule has 2 rings (SSSR count). The maximum atomic E-state index is 12.0. The number of amides is 1. The number of hydrogen-bond donors (Lipinski definition) is 1. The Bertz CT molecular complexity index is 510. The van der Waals surface area contributed by atoms with Gasteiger partial charge in [-0.25, -0.2) is 0 Å². The van der Waals surface area contributed by atoms with Crippen LogP contribution in [0.2, 0.25) is 0 Å². The second-order valence-corrected chi connectivity index (χ2v) is 3.91. The normalized spacial score (nSPS) is 14.2. The summed E-state index contributed by atoms with van der Waals surface area (Å²) in [4.78, 5) is 22.9. The van der Waals surface area contributed by atoms with Crippen molar-refractivity contribution >= 4 is 11.7 Å². The van der Waals surface area contributed by atoms with E-state index < -0.39 is 5.91 Å². The van der Waals surface area contributed by atoms with E-state index in [1.165, 1.54) is 0 Å². The Morgan fingerprint density at radius 3 is 2.18 bits per heavy atom. The number of carbonyl (C=O) groups excluding carboxylic acids is 2. The number of rotatable bonds is 3. The topological polar surface area (TPSA) is 60.2 Å². The number of Topliss-reactive ketones (excluding diaryl/α,β-unsaturated/α-hetero) is 1. The first-order valence-electron chi connectivity index (χ1n) is 5.50. The molecule has 1 aliphatic rings. The number of benzene rings is 1. The zero-order chi connectivity index (χ0) is 12.3. The van der Waals surface area contributed by atoms with Crippen molar-refractivity contribution in [2.45, 2.75) is 12.8 Å². The third kappa shape index (κ3) is 2.50. The van der Waals surface area contributed by atoms with Crippen LogP contribution in [0.25, 0.3) is 0 Å². The largest absolute Gasteiger partial charge is 0.366 e. The molecule has 0 saturated carbocycles. The summed E-state index contributed by atoms with van der Waals surface area (Å²) in [6.07, 6.45) is 7.65. The van der Waals surface area contributed by atoms with Crippen LogP contribution < -0.4 is 5.73 Å². The van der Waals surface area contributed by atoms with E-state index in [4.69, 9.17) is 5.73 Å². The van der Waals surface area contributed by atoms with Gasteiger partial charge in [0.25, 0.3) is 0 Å². The van der Waals surface area contributed by atoms with Gasteiger partial charge in [0.1, 0.15) is 0 Å². The monoisotopic (exact) mass is 227 g/mol. The van der Waals surface area contributed by atoms with Crippen molar-refractivity contribution in [3.05, 3.63) is 59.2 Å². The molecule has 1 aliphatic carbocycles. The fourth-order valence-corrected chi connectivity index (χ4v) is 1.73. The van der Waals surface area contributed by atoms with Crippen molar-refractivity contribution in [3.63, 3.8) is 0 Å². The van der Waals surface area contributed by atoms with E-state index in [9.17, 15) is 9.59 Å². The van der Waals surface area contributed by atoms with Gasteiger partial charge in [-0.3, -0.25) is 9.59 Å². The summed E-state index contributed by atoms with van der Waals surface area (Å²) in [6.45, 7) is 0. The Labute approximate surface area is 99.6 Å². The fraction of sp³-hybridized carbons (Fsp3) is 0.143. The van der Waals surface area contributed by atoms with Crippen LogP contribution in [-0.4, -0.2) is 11.7 Å². The average molecular weight is 227 g/mol. The van der Waals surface area contributed by atoms with Crippen molar-refractivity contribution in [1.29, 1.82) is 0 Å². The lowest BCUT2D eigenvalue weighted by atomic mass is 9.97. The number of nitrogens with two attached hydrogens (primary N) is 1. The Kier molecular flexibility index (Phi) is 3.19. The molecule has 0 radical (unpaired) electrons. The predicted octanol–water partition coefficient (Wildman–Crippen LogP) is 2.24. The molecule has 0 spiro atoms. The molecule has 1 aromatic carbocycles. The molecule has 1 aromatic rings. The summed E-state index contributed by atoms with van der Waals surface area (Å²) >= 11 is 0. The van der Waals surface area contributed by atoms with Gasteiger partial charge in [-0.1, -0.05) is 30.4 Å². The van der Waals surface area contributed by atoms with Crippen LogP contribution in [0.15, 0.2) is 48.1 Å². The average Bonchev–Trinajstić information content (AvgIpc) is 2.39. The van der Waals surface area contributed by atoms with Crippen LogP contribution in [0.1, 0.15) is 33.6 Å². The van der Waals surface area contributed by atoms with Crippen LogP contribution in [0.5, 0.6) is 0 Å². The summed E-state index contributed by atoms with van der Waals surface area (Å²) in [5.74, 6) is -0.502. The van der Waals surface area contributed by atoms with E-state index in [1.807, 2.05) is 18.2 Å². The van der Waals surface area contributed by atoms with Gasteiger partial charge in [0, 0.05) is 16.7 Å². The van der Waals surface area contributed by atoms with Crippen LogP contribution in [0.3, 0.4) is 0 Å². The summed E-state index contributed by atoms with van der Waals surface area (Å²) in [6, 6.07) is 6.41. The van der Waals surface area contributed by atoms with Crippen LogP contribution in [0.4, 0.5) is 0 Å². The Morgan fingerprint density at radius 2 is 1.65 bits per heavy atom. The first-order valence-corrected chi connectivity index (χ1v) is 5.50. The molecule has 3 nitrogen and oxygen atoms in total. The number of carbonyl (C=O) groups is 2. The minimum absolute atomic E-state index is 0.0167. The molecule has 0 aliphatic heterocycles. The maximum Gasteiger partial charge on any atom is 0.248 e. The van der Waals surface area contributed by atoms with Gasteiger partial charge in [-0.2, -0.15) is 0 Å². The zero-order valence-corrected chi connectivity index (χ0v) is 9.35. The molecule has 0 bridgehead atoms. The van der Waals surface area contributed by atoms with Gasteiger partial charge < -0.3 is 5.73 Å². The molecule has 0 saturated heterocycles. The second kappa shape index (κ2) is 4.78. The summed E-state index contributed by atoms with van der Waals surface area (Å²) < 4.78 is 0. The van der Waals surface area contributed by atoms with Gasteiger partial charge in [0.2, 0.25) is 5.91 Å². The number of primary amides is 1. The highest BCUT2D eigenvalue weighted by molar-refractivity contribution is 6.11. The Morgan fingerprint density at radius 1 is 1.00 bits per heavy atom. The predicted molar refractivity (Wildman–Crippen MR) is 65.7 cm³/mol. The smallest absolute Gasteiger partial charge is 0.248 e. The molecule has 17 heavy (non-hydrogen) atoms. The minimum atomic E-state index is -0.485. The highest BCUT2D eigenvalue weighted by atomic mass is 16.1. The molecule has 0 atom stereocenters. The quantitative estimate of drug-likeness (QED) is 0.805. The molecule has 2 N–H and O–H groups in total. The summed E-state index contributed by atoms with van der Waals surface area (Å²) in [7, 11) is 0. The lowest BCUT2D eigenvalue weighted by molar-refractivity contribution is 0.0996. The van der Waals surface area contributed by atoms with Crippen molar-refractivity contribution in [2.75, 3.05) is 0 Å². The van der Waals surface area contributed by atoms with Crippen molar-refractivity contribution in [1.82, 2.24) is 0 Å². The molecule has 0 unspecified atom stereocenters. The Balaban J connectivity index is 2.23. The van der Waals surface area contributed by atoms with Crippen LogP contribution in [0, 0.1) is 0 Å². The fourth-order valence-electron chi connectivity index (χ4n) is 1.73. The standard InChI is InChI=1S/C14H13NO2/c15-14(17)12-8-6-11(7-9-12)13(16)10-4-2-1-3-5-10/h2,4-9H,1,3H2,(H2,15,17). The van der Waals surface area contributed by atoms with Crippen molar-refractivity contribution < 1.29 is 9.59 Å². The molecule has 3 heteroatoms. The van der Waals surface area contributed by atoms with E-state index in [-0.39, 0.29) is 5.78 Å². The minimum Gasteiger partial charge on any atom is -0.366 e. The second-order valence-electron chi connectivity index (χ2n) is 3.91. The van der Waals surface area contributed by atoms with Gasteiger partial charge >= 0.3 is 0 Å². The zero-order valence-electron chi connectivity index (χ0n) is 9.35. The van der Waals surface area contributed by atoms with Gasteiger partial charge in [0.15, 0.2) is 5.78 Å². The van der Waals surface area contributed by atoms with E-state index in [1.54, 1.807) is 24.3 Å². The van der Waals surface area contributed by atoms with Crippen molar-refractivity contribution in [3.8, 4) is 0 Å². The summed E-state index contributed by atoms with van der Waals surface area (Å²) in [5, 5.41) is 0. The summed E-state index contributed by atoms with van der Waals surface area (Å²) in [5.41, 5.74) is 6.84. The highest BCUT2D eigenvalue weighted by Crippen LogP contribution is 2.16. The van der Waals surface area contributed by atoms with Gasteiger partial charge in [0.05, 0.1) is 0 Å². The molecule has 86 valence electrons. The van der Waals surface area contributed by atoms with Gasteiger partial charge in [-0.15, -0.1) is 0 Å². The lowest BCUT2D eigenvalue weighted by Crippen LogP contribution is -2.11. The molecule has 0 fully saturated rings. The third-order valence-electron chi connectivity index (χ3n) is 2.69. The van der Waals surface area contributed by atoms with Gasteiger partial charge in [-0.05, 0) is 25.0 Å². The number of allylic oxidation sites excluding steroid dienone is 4. The number of ketones is 1. The van der Waals surface area contributed by atoms with Crippen LogP contribution >= 0.6 is 0 Å². The van der Waals surface area contributed by atoms with E-state index >= 15 is 0 Å². The Hall–Kier alpha value is -2.16.